The van der Waals surface area contributed by atoms with E-state index in [1.54, 1.807) is 18.6 Å². The van der Waals surface area contributed by atoms with E-state index in [0.717, 1.165) is 72.1 Å². The minimum atomic E-state index is 0.0850. The number of aromatic nitrogens is 7. The van der Waals surface area contributed by atoms with Crippen LogP contribution < -0.4 is 10.2 Å². The second-order valence-corrected chi connectivity index (χ2v) is 10.6. The van der Waals surface area contributed by atoms with Crippen molar-refractivity contribution >= 4 is 39.5 Å². The molecule has 1 aliphatic heterocycles. The first-order chi connectivity index (χ1) is 19.2. The summed E-state index contributed by atoms with van der Waals surface area (Å²) in [5.74, 6) is 0.822. The zero-order chi connectivity index (χ0) is 26.2. The van der Waals surface area contributed by atoms with Gasteiger partial charge >= 0.3 is 0 Å². The van der Waals surface area contributed by atoms with E-state index < -0.39 is 0 Å². The molecule has 0 radical (unpaired) electrons. The molecule has 198 valence electrons. The number of imidazole rings is 1. The Morgan fingerprint density at radius 1 is 0.923 bits per heavy atom. The Balaban J connectivity index is 1.20. The molecule has 7 rings (SSSR count). The number of amides is 1. The highest BCUT2D eigenvalue weighted by Crippen LogP contribution is 2.32. The second kappa shape index (κ2) is 10.1. The van der Waals surface area contributed by atoms with Crippen molar-refractivity contribution in [2.75, 3.05) is 23.3 Å². The number of pyridine rings is 3. The Morgan fingerprint density at radius 3 is 2.62 bits per heavy atom. The molecule has 0 aromatic carbocycles. The van der Waals surface area contributed by atoms with Gasteiger partial charge < -0.3 is 15.2 Å². The van der Waals surface area contributed by atoms with Crippen LogP contribution in [-0.4, -0.2) is 54.1 Å². The first-order valence-corrected chi connectivity index (χ1v) is 13.9. The van der Waals surface area contributed by atoms with Gasteiger partial charge in [0.1, 0.15) is 11.2 Å². The zero-order valence-corrected chi connectivity index (χ0v) is 21.8. The van der Waals surface area contributed by atoms with Crippen LogP contribution >= 0.6 is 0 Å². The van der Waals surface area contributed by atoms with Gasteiger partial charge in [0, 0.05) is 48.7 Å². The van der Waals surface area contributed by atoms with Crippen LogP contribution in [0.25, 0.3) is 44.8 Å². The molecule has 6 heterocycles. The summed E-state index contributed by atoms with van der Waals surface area (Å²) in [6.45, 7) is 2.07. The summed E-state index contributed by atoms with van der Waals surface area (Å²) in [4.78, 5) is 37.0. The Kier molecular flexibility index (Phi) is 6.14. The zero-order valence-electron chi connectivity index (χ0n) is 21.8. The monoisotopic (exact) mass is 521 g/mol. The molecule has 10 heteroatoms. The smallest absolute Gasteiger partial charge is 0.227 e. The number of hydrogen-bond acceptors (Lipinski definition) is 7. The van der Waals surface area contributed by atoms with E-state index in [2.05, 4.69) is 40.3 Å². The predicted molar refractivity (Wildman–Crippen MR) is 151 cm³/mol. The first-order valence-electron chi connectivity index (χ1n) is 13.9. The Hall–Kier alpha value is -4.34. The Morgan fingerprint density at radius 2 is 1.74 bits per heavy atom. The number of rotatable bonds is 5. The van der Waals surface area contributed by atoms with Crippen LogP contribution in [0.15, 0.2) is 43.0 Å². The fourth-order valence-corrected chi connectivity index (χ4v) is 5.92. The standard InChI is InChI=1S/C29H31N9O/c39-29(18-7-3-1-4-8-18)33-21-13-19(15-30-17-21)20-14-22-24(36-37-26(22)32-16-20)28-34-25-23(9-10-31-27(25)35-28)38-11-5-2-6-12-38/h9-10,13-18H,1-8,11-12H2,(H,33,39)(H,31,34,35)(H,32,36,37). The molecule has 2 aliphatic rings. The lowest BCUT2D eigenvalue weighted by molar-refractivity contribution is -0.120. The fraction of sp³-hybridized carbons (Fsp3) is 0.379. The van der Waals surface area contributed by atoms with Gasteiger partial charge in [-0.1, -0.05) is 19.3 Å². The van der Waals surface area contributed by atoms with Gasteiger partial charge in [0.2, 0.25) is 5.91 Å². The van der Waals surface area contributed by atoms with Crippen LogP contribution in [-0.2, 0) is 4.79 Å². The summed E-state index contributed by atoms with van der Waals surface area (Å²) in [7, 11) is 0. The highest BCUT2D eigenvalue weighted by Gasteiger charge is 2.22. The van der Waals surface area contributed by atoms with Crippen LogP contribution in [0.3, 0.4) is 0 Å². The van der Waals surface area contributed by atoms with Crippen molar-refractivity contribution in [1.29, 1.82) is 0 Å². The third-order valence-corrected chi connectivity index (χ3v) is 8.02. The molecule has 2 fully saturated rings. The molecule has 5 aromatic heterocycles. The van der Waals surface area contributed by atoms with Crippen LogP contribution in [0.1, 0.15) is 51.4 Å². The second-order valence-electron chi connectivity index (χ2n) is 10.6. The van der Waals surface area contributed by atoms with Crippen molar-refractivity contribution in [1.82, 2.24) is 35.1 Å². The average Bonchev–Trinajstić information content (AvgIpc) is 3.62. The molecule has 0 unspecified atom stereocenters. The van der Waals surface area contributed by atoms with Gasteiger partial charge in [0.25, 0.3) is 0 Å². The number of H-pyrrole nitrogens is 2. The number of fused-ring (bicyclic) bond motifs is 2. The molecule has 1 saturated carbocycles. The summed E-state index contributed by atoms with van der Waals surface area (Å²) in [5, 5.41) is 11.5. The largest absolute Gasteiger partial charge is 0.370 e. The average molecular weight is 522 g/mol. The summed E-state index contributed by atoms with van der Waals surface area (Å²) in [5.41, 5.74) is 6.54. The lowest BCUT2D eigenvalue weighted by Crippen LogP contribution is -2.29. The van der Waals surface area contributed by atoms with E-state index in [4.69, 9.17) is 4.98 Å². The van der Waals surface area contributed by atoms with Crippen molar-refractivity contribution in [3.63, 3.8) is 0 Å². The van der Waals surface area contributed by atoms with E-state index in [-0.39, 0.29) is 11.8 Å². The number of aromatic amines is 2. The van der Waals surface area contributed by atoms with E-state index in [1.165, 1.54) is 25.7 Å². The van der Waals surface area contributed by atoms with Gasteiger partial charge in [-0.2, -0.15) is 5.10 Å². The third kappa shape index (κ3) is 4.60. The molecule has 39 heavy (non-hydrogen) atoms. The molecule has 10 nitrogen and oxygen atoms in total. The summed E-state index contributed by atoms with van der Waals surface area (Å²) < 4.78 is 0. The fourth-order valence-electron chi connectivity index (χ4n) is 5.92. The Labute approximate surface area is 225 Å². The van der Waals surface area contributed by atoms with E-state index in [1.807, 2.05) is 24.4 Å². The van der Waals surface area contributed by atoms with Crippen molar-refractivity contribution in [2.45, 2.75) is 51.4 Å². The van der Waals surface area contributed by atoms with E-state index in [0.29, 0.717) is 22.9 Å². The van der Waals surface area contributed by atoms with Gasteiger partial charge in [-0.3, -0.25) is 14.9 Å². The van der Waals surface area contributed by atoms with Crippen LogP contribution in [0, 0.1) is 5.92 Å². The van der Waals surface area contributed by atoms with Gasteiger partial charge in [-0.25, -0.2) is 15.0 Å². The minimum absolute atomic E-state index is 0.0850. The molecular weight excluding hydrogens is 490 g/mol. The number of nitrogens with one attached hydrogen (secondary N) is 3. The summed E-state index contributed by atoms with van der Waals surface area (Å²) in [6, 6.07) is 6.04. The normalized spacial score (nSPS) is 16.7. The van der Waals surface area contributed by atoms with E-state index in [9.17, 15) is 4.79 Å². The maximum atomic E-state index is 12.8. The van der Waals surface area contributed by atoms with Crippen LogP contribution in [0.2, 0.25) is 0 Å². The molecule has 3 N–H and O–H groups in total. The predicted octanol–water partition coefficient (Wildman–Crippen LogP) is 5.47. The Bertz CT molecular complexity index is 1640. The molecule has 0 atom stereocenters. The van der Waals surface area contributed by atoms with Gasteiger partial charge in [0.05, 0.1) is 23.0 Å². The lowest BCUT2D eigenvalue weighted by Gasteiger charge is -2.28. The van der Waals surface area contributed by atoms with Gasteiger partial charge in [0.15, 0.2) is 17.1 Å². The number of carbonyl (C=O) groups is 1. The molecule has 1 saturated heterocycles. The maximum Gasteiger partial charge on any atom is 0.227 e. The van der Waals surface area contributed by atoms with Gasteiger partial charge in [-0.15, -0.1) is 0 Å². The third-order valence-electron chi connectivity index (χ3n) is 8.02. The molecule has 1 amide bonds. The highest BCUT2D eigenvalue weighted by molar-refractivity contribution is 5.96. The topological polar surface area (TPSA) is 128 Å². The summed E-state index contributed by atoms with van der Waals surface area (Å²) in [6.07, 6.45) is 16.2. The van der Waals surface area contributed by atoms with Crippen molar-refractivity contribution in [2.24, 2.45) is 5.92 Å². The van der Waals surface area contributed by atoms with Crippen LogP contribution in [0.5, 0.6) is 0 Å². The van der Waals surface area contributed by atoms with Crippen molar-refractivity contribution < 1.29 is 4.79 Å². The van der Waals surface area contributed by atoms with Gasteiger partial charge in [-0.05, 0) is 50.3 Å². The lowest BCUT2D eigenvalue weighted by atomic mass is 9.88. The summed E-state index contributed by atoms with van der Waals surface area (Å²) >= 11 is 0. The maximum absolute atomic E-state index is 12.8. The molecule has 0 bridgehead atoms. The molecule has 0 spiro atoms. The molecule has 5 aromatic rings. The highest BCUT2D eigenvalue weighted by atomic mass is 16.1. The van der Waals surface area contributed by atoms with E-state index >= 15 is 0 Å². The number of carbonyl (C=O) groups excluding carboxylic acids is 1. The SMILES string of the molecule is O=C(Nc1cncc(-c2cnc3[nH]nc(-c4nc5c(N6CCCCC6)ccnc5[nH]4)c3c2)c1)C1CCCCC1. The number of anilines is 2. The minimum Gasteiger partial charge on any atom is -0.370 e. The molecular formula is C29H31N9O. The number of piperidine rings is 1. The number of hydrogen-bond donors (Lipinski definition) is 3. The molecule has 1 aliphatic carbocycles. The van der Waals surface area contributed by atoms with Crippen molar-refractivity contribution in [3.05, 3.63) is 43.0 Å². The first kappa shape index (κ1) is 23.8. The van der Waals surface area contributed by atoms with Crippen LogP contribution in [0.4, 0.5) is 11.4 Å². The van der Waals surface area contributed by atoms with Crippen molar-refractivity contribution in [3.8, 4) is 22.6 Å². The number of nitrogens with zero attached hydrogens (tertiary/aromatic N) is 6. The quantitative estimate of drug-likeness (QED) is 0.280.